The zero-order chi connectivity index (χ0) is 13.8. The van der Waals surface area contributed by atoms with Crippen molar-refractivity contribution in [2.45, 2.75) is 6.54 Å². The van der Waals surface area contributed by atoms with E-state index < -0.39 is 5.97 Å². The number of anilines is 1. The lowest BCUT2D eigenvalue weighted by Crippen LogP contribution is -2.02. The molecule has 0 atom stereocenters. The average Bonchev–Trinajstić information content (AvgIpc) is 2.40. The van der Waals surface area contributed by atoms with Gasteiger partial charge in [-0.2, -0.15) is 0 Å². The van der Waals surface area contributed by atoms with Gasteiger partial charge >= 0.3 is 5.97 Å². The average molecular weight is 296 g/mol. The maximum atomic E-state index is 10.9. The fourth-order valence-corrected chi connectivity index (χ4v) is 2.02. The van der Waals surface area contributed by atoms with Crippen molar-refractivity contribution in [1.29, 1.82) is 0 Å². The molecule has 5 heteroatoms. The first-order valence-corrected chi connectivity index (χ1v) is 6.33. The molecular formula is C14H11Cl2NO2. The van der Waals surface area contributed by atoms with E-state index in [9.17, 15) is 4.79 Å². The van der Waals surface area contributed by atoms with E-state index in [1.807, 2.05) is 0 Å². The van der Waals surface area contributed by atoms with Crippen LogP contribution in [-0.2, 0) is 6.54 Å². The number of carboxylic acid groups (broad SMARTS) is 1. The molecule has 0 amide bonds. The normalized spacial score (nSPS) is 10.2. The zero-order valence-electron chi connectivity index (χ0n) is 9.86. The van der Waals surface area contributed by atoms with E-state index in [2.05, 4.69) is 5.32 Å². The molecule has 0 spiro atoms. The Bertz CT molecular complexity index is 614. The molecule has 0 unspecified atom stereocenters. The number of carbonyl (C=O) groups is 1. The molecular weight excluding hydrogens is 285 g/mol. The van der Waals surface area contributed by atoms with E-state index in [1.54, 1.807) is 42.5 Å². The molecule has 19 heavy (non-hydrogen) atoms. The Labute approximate surface area is 120 Å². The number of carboxylic acids is 1. The molecule has 0 aliphatic rings. The van der Waals surface area contributed by atoms with Crippen LogP contribution in [0, 0.1) is 0 Å². The summed E-state index contributed by atoms with van der Waals surface area (Å²) >= 11 is 12.0. The highest BCUT2D eigenvalue weighted by Crippen LogP contribution is 2.22. The Morgan fingerprint density at radius 2 is 1.95 bits per heavy atom. The Morgan fingerprint density at radius 1 is 1.16 bits per heavy atom. The molecule has 0 heterocycles. The fraction of sp³-hybridized carbons (Fsp3) is 0.0714. The van der Waals surface area contributed by atoms with Gasteiger partial charge in [-0.15, -0.1) is 0 Å². The van der Waals surface area contributed by atoms with Crippen LogP contribution in [0.3, 0.4) is 0 Å². The topological polar surface area (TPSA) is 49.3 Å². The molecule has 2 aromatic carbocycles. The SMILES string of the molecule is O=C(O)c1cccc(NCc2cc(Cl)ccc2Cl)c1. The molecule has 0 saturated carbocycles. The van der Waals surface area contributed by atoms with Crippen LogP contribution in [0.5, 0.6) is 0 Å². The zero-order valence-corrected chi connectivity index (χ0v) is 11.4. The Hall–Kier alpha value is -1.71. The highest BCUT2D eigenvalue weighted by atomic mass is 35.5. The first-order chi connectivity index (χ1) is 9.06. The number of halogens is 2. The lowest BCUT2D eigenvalue weighted by molar-refractivity contribution is 0.0697. The van der Waals surface area contributed by atoms with Gasteiger partial charge in [-0.3, -0.25) is 0 Å². The largest absolute Gasteiger partial charge is 0.478 e. The van der Waals surface area contributed by atoms with E-state index in [0.29, 0.717) is 16.6 Å². The van der Waals surface area contributed by atoms with Crippen molar-refractivity contribution < 1.29 is 9.90 Å². The third kappa shape index (κ3) is 3.63. The second-order valence-electron chi connectivity index (χ2n) is 3.98. The number of aromatic carboxylic acids is 1. The van der Waals surface area contributed by atoms with E-state index in [4.69, 9.17) is 28.3 Å². The van der Waals surface area contributed by atoms with Gasteiger partial charge in [-0.05, 0) is 42.0 Å². The number of nitrogens with one attached hydrogen (secondary N) is 1. The van der Waals surface area contributed by atoms with Crippen molar-refractivity contribution in [3.8, 4) is 0 Å². The Morgan fingerprint density at radius 3 is 2.68 bits per heavy atom. The summed E-state index contributed by atoms with van der Waals surface area (Å²) in [6.07, 6.45) is 0. The summed E-state index contributed by atoms with van der Waals surface area (Å²) in [5.41, 5.74) is 1.81. The number of hydrogen-bond acceptors (Lipinski definition) is 2. The monoisotopic (exact) mass is 295 g/mol. The van der Waals surface area contributed by atoms with Crippen LogP contribution in [-0.4, -0.2) is 11.1 Å². The Balaban J connectivity index is 2.12. The van der Waals surface area contributed by atoms with Crippen molar-refractivity contribution in [2.75, 3.05) is 5.32 Å². The molecule has 2 aromatic rings. The lowest BCUT2D eigenvalue weighted by atomic mass is 10.2. The number of rotatable bonds is 4. The Kier molecular flexibility index (Phi) is 4.30. The van der Waals surface area contributed by atoms with Gasteiger partial charge < -0.3 is 10.4 Å². The van der Waals surface area contributed by atoms with Gasteiger partial charge in [0.1, 0.15) is 0 Å². The smallest absolute Gasteiger partial charge is 0.335 e. The van der Waals surface area contributed by atoms with Gasteiger partial charge in [0.25, 0.3) is 0 Å². The van der Waals surface area contributed by atoms with Gasteiger partial charge in [0.2, 0.25) is 0 Å². The molecule has 0 radical (unpaired) electrons. The predicted octanol–water partition coefficient (Wildman–Crippen LogP) is 4.30. The van der Waals surface area contributed by atoms with E-state index >= 15 is 0 Å². The minimum absolute atomic E-state index is 0.238. The lowest BCUT2D eigenvalue weighted by Gasteiger charge is -2.09. The van der Waals surface area contributed by atoms with Crippen LogP contribution in [0.15, 0.2) is 42.5 Å². The van der Waals surface area contributed by atoms with Crippen LogP contribution in [0.2, 0.25) is 10.0 Å². The number of hydrogen-bond donors (Lipinski definition) is 2. The first kappa shape index (κ1) is 13.7. The summed E-state index contributed by atoms with van der Waals surface area (Å²) in [5.74, 6) is -0.954. The second kappa shape index (κ2) is 5.95. The molecule has 0 aliphatic carbocycles. The molecule has 2 N–H and O–H groups in total. The van der Waals surface area contributed by atoms with Gasteiger partial charge in [-0.1, -0.05) is 29.3 Å². The van der Waals surface area contributed by atoms with Crippen LogP contribution in [0.4, 0.5) is 5.69 Å². The van der Waals surface area contributed by atoms with E-state index in [-0.39, 0.29) is 5.56 Å². The first-order valence-electron chi connectivity index (χ1n) is 5.57. The third-order valence-corrected chi connectivity index (χ3v) is 3.20. The summed E-state index contributed by atoms with van der Waals surface area (Å²) in [4.78, 5) is 10.9. The van der Waals surface area contributed by atoms with E-state index in [1.165, 1.54) is 0 Å². The van der Waals surface area contributed by atoms with Crippen molar-refractivity contribution in [3.63, 3.8) is 0 Å². The summed E-state index contributed by atoms with van der Waals surface area (Å²) in [6.45, 7) is 0.475. The van der Waals surface area contributed by atoms with Crippen LogP contribution in [0.1, 0.15) is 15.9 Å². The summed E-state index contributed by atoms with van der Waals surface area (Å²) in [7, 11) is 0. The highest BCUT2D eigenvalue weighted by Gasteiger charge is 2.04. The predicted molar refractivity (Wildman–Crippen MR) is 77.2 cm³/mol. The van der Waals surface area contributed by atoms with E-state index in [0.717, 1.165) is 11.3 Å². The molecule has 0 bridgehead atoms. The summed E-state index contributed by atoms with van der Waals surface area (Å²) in [5, 5.41) is 13.3. The molecule has 2 rings (SSSR count). The van der Waals surface area contributed by atoms with Gasteiger partial charge in [-0.25, -0.2) is 4.79 Å². The molecule has 0 aliphatic heterocycles. The van der Waals surface area contributed by atoms with Crippen molar-refractivity contribution in [3.05, 3.63) is 63.6 Å². The highest BCUT2D eigenvalue weighted by molar-refractivity contribution is 6.33. The van der Waals surface area contributed by atoms with Crippen LogP contribution < -0.4 is 5.32 Å². The van der Waals surface area contributed by atoms with Gasteiger partial charge in [0, 0.05) is 22.3 Å². The molecule has 0 saturated heterocycles. The minimum Gasteiger partial charge on any atom is -0.478 e. The summed E-state index contributed by atoms with van der Waals surface area (Å²) in [6, 6.07) is 11.8. The summed E-state index contributed by atoms with van der Waals surface area (Å²) < 4.78 is 0. The van der Waals surface area contributed by atoms with Gasteiger partial charge in [0.05, 0.1) is 5.56 Å². The molecule has 0 aromatic heterocycles. The third-order valence-electron chi connectivity index (χ3n) is 2.60. The second-order valence-corrected chi connectivity index (χ2v) is 4.82. The molecule has 0 fully saturated rings. The molecule has 3 nitrogen and oxygen atoms in total. The van der Waals surface area contributed by atoms with Crippen molar-refractivity contribution in [2.24, 2.45) is 0 Å². The van der Waals surface area contributed by atoms with Crippen LogP contribution >= 0.6 is 23.2 Å². The van der Waals surface area contributed by atoms with Gasteiger partial charge in [0.15, 0.2) is 0 Å². The fourth-order valence-electron chi connectivity index (χ4n) is 1.64. The standard InChI is InChI=1S/C14H11Cl2NO2/c15-11-4-5-13(16)10(6-11)8-17-12-3-1-2-9(7-12)14(18)19/h1-7,17H,8H2,(H,18,19). The quantitative estimate of drug-likeness (QED) is 0.884. The maximum Gasteiger partial charge on any atom is 0.335 e. The molecule has 98 valence electrons. The maximum absolute atomic E-state index is 10.9. The van der Waals surface area contributed by atoms with Crippen molar-refractivity contribution in [1.82, 2.24) is 0 Å². The van der Waals surface area contributed by atoms with Crippen LogP contribution in [0.25, 0.3) is 0 Å². The minimum atomic E-state index is -0.954. The number of benzene rings is 2. The van der Waals surface area contributed by atoms with Crippen molar-refractivity contribution >= 4 is 34.9 Å².